The Balaban J connectivity index is 1.85. The number of carbonyl (C=O) groups is 3. The molecule has 0 aliphatic carbocycles. The van der Waals surface area contributed by atoms with Gasteiger partial charge >= 0.3 is 0 Å². The van der Waals surface area contributed by atoms with Crippen LogP contribution in [0.3, 0.4) is 0 Å². The van der Waals surface area contributed by atoms with E-state index in [1.807, 2.05) is 12.1 Å². The van der Waals surface area contributed by atoms with E-state index in [9.17, 15) is 14.4 Å². The summed E-state index contributed by atoms with van der Waals surface area (Å²) in [6.45, 7) is 20.0. The Kier molecular flexibility index (Phi) is 9.33. The molecule has 0 saturated heterocycles. The minimum atomic E-state index is -0.328. The summed E-state index contributed by atoms with van der Waals surface area (Å²) >= 11 is 0. The highest BCUT2D eigenvalue weighted by atomic mass is 16.5. The second-order valence-electron chi connectivity index (χ2n) is 13.1. The van der Waals surface area contributed by atoms with E-state index in [4.69, 9.17) is 4.74 Å². The summed E-state index contributed by atoms with van der Waals surface area (Å²) < 4.78 is 6.14. The van der Waals surface area contributed by atoms with Crippen molar-refractivity contribution in [2.75, 3.05) is 11.5 Å². The van der Waals surface area contributed by atoms with Gasteiger partial charge in [-0.2, -0.15) is 0 Å². The summed E-state index contributed by atoms with van der Waals surface area (Å²) in [4.78, 5) is 37.8. The maximum absolute atomic E-state index is 12.8. The molecule has 2 rings (SSSR count). The van der Waals surface area contributed by atoms with Gasteiger partial charge in [-0.15, -0.1) is 0 Å². The molecule has 0 fully saturated rings. The first-order chi connectivity index (χ1) is 16.4. The first-order valence-electron chi connectivity index (χ1n) is 13.0. The Hall–Kier alpha value is -2.47. The Bertz CT molecular complexity index is 948. The van der Waals surface area contributed by atoms with Crippen LogP contribution in [0.4, 0.5) is 5.69 Å². The fraction of sp³-hybridized carbons (Fsp3) is 0.633. The molecule has 0 aromatic heterocycles. The quantitative estimate of drug-likeness (QED) is 0.354. The number of anilines is 1. The molecule has 1 aromatic carbocycles. The zero-order chi connectivity index (χ0) is 27.4. The van der Waals surface area contributed by atoms with E-state index in [0.29, 0.717) is 18.5 Å². The SMILES string of the molecule is CC(C)(C)CCOC(C)(C)CCC(C)(C)NC(=O)CCC(C)(C)c1ccc(N2C(=O)C=CC2=O)cc1. The van der Waals surface area contributed by atoms with Crippen LogP contribution in [-0.2, 0) is 24.5 Å². The van der Waals surface area contributed by atoms with Crippen molar-refractivity contribution in [3.05, 3.63) is 42.0 Å². The first kappa shape index (κ1) is 29.8. The molecule has 1 aromatic rings. The van der Waals surface area contributed by atoms with Crippen molar-refractivity contribution in [2.24, 2.45) is 5.41 Å². The number of ether oxygens (including phenoxy) is 1. The van der Waals surface area contributed by atoms with Gasteiger partial charge in [0.25, 0.3) is 11.8 Å². The molecule has 1 N–H and O–H groups in total. The van der Waals surface area contributed by atoms with Gasteiger partial charge in [-0.25, -0.2) is 4.90 Å². The van der Waals surface area contributed by atoms with Crippen LogP contribution in [0.1, 0.15) is 100.0 Å². The van der Waals surface area contributed by atoms with Gasteiger partial charge in [0.05, 0.1) is 11.3 Å². The Labute approximate surface area is 217 Å². The molecule has 0 saturated carbocycles. The van der Waals surface area contributed by atoms with Crippen LogP contribution in [0.15, 0.2) is 36.4 Å². The summed E-state index contributed by atoms with van der Waals surface area (Å²) in [5.41, 5.74) is 1.07. The van der Waals surface area contributed by atoms with Crippen LogP contribution in [0, 0.1) is 5.41 Å². The third kappa shape index (κ3) is 9.20. The molecule has 200 valence electrons. The van der Waals surface area contributed by atoms with Gasteiger partial charge in [-0.3, -0.25) is 14.4 Å². The second kappa shape index (κ2) is 11.3. The normalized spacial score (nSPS) is 15.1. The topological polar surface area (TPSA) is 75.7 Å². The lowest BCUT2D eigenvalue weighted by atomic mass is 9.80. The molecule has 0 unspecified atom stereocenters. The number of carbonyl (C=O) groups excluding carboxylic acids is 3. The van der Waals surface area contributed by atoms with Crippen LogP contribution in [0.2, 0.25) is 0 Å². The average Bonchev–Trinajstić information content (AvgIpc) is 3.08. The minimum absolute atomic E-state index is 0.0375. The number of nitrogens with one attached hydrogen (secondary N) is 1. The van der Waals surface area contributed by atoms with E-state index in [1.54, 1.807) is 12.1 Å². The van der Waals surface area contributed by atoms with E-state index in [2.05, 4.69) is 67.6 Å². The number of amides is 3. The zero-order valence-corrected chi connectivity index (χ0v) is 23.8. The van der Waals surface area contributed by atoms with Crippen molar-refractivity contribution in [3.63, 3.8) is 0 Å². The molecule has 1 aliphatic heterocycles. The lowest BCUT2D eigenvalue weighted by Crippen LogP contribution is -2.45. The van der Waals surface area contributed by atoms with Gasteiger partial charge in [0.2, 0.25) is 5.91 Å². The number of hydrogen-bond acceptors (Lipinski definition) is 4. The fourth-order valence-corrected chi connectivity index (χ4v) is 4.11. The van der Waals surface area contributed by atoms with E-state index in [-0.39, 0.29) is 39.7 Å². The van der Waals surface area contributed by atoms with Gasteiger partial charge < -0.3 is 10.1 Å². The van der Waals surface area contributed by atoms with Crippen molar-refractivity contribution in [3.8, 4) is 0 Å². The highest BCUT2D eigenvalue weighted by molar-refractivity contribution is 6.28. The summed E-state index contributed by atoms with van der Waals surface area (Å²) in [5, 5.41) is 3.21. The molecule has 0 spiro atoms. The molecule has 6 nitrogen and oxygen atoms in total. The maximum atomic E-state index is 12.8. The Morgan fingerprint density at radius 1 is 0.806 bits per heavy atom. The minimum Gasteiger partial charge on any atom is -0.376 e. The fourth-order valence-electron chi connectivity index (χ4n) is 4.11. The van der Waals surface area contributed by atoms with Gasteiger partial charge in [-0.05, 0) is 81.9 Å². The lowest BCUT2D eigenvalue weighted by Gasteiger charge is -2.33. The summed E-state index contributed by atoms with van der Waals surface area (Å²) in [7, 11) is 0. The monoisotopic (exact) mass is 498 g/mol. The first-order valence-corrected chi connectivity index (χ1v) is 13.0. The van der Waals surface area contributed by atoms with Crippen molar-refractivity contribution in [1.29, 1.82) is 0 Å². The van der Waals surface area contributed by atoms with Gasteiger partial charge in [0.15, 0.2) is 0 Å². The standard InChI is InChI=1S/C30H46N2O4/c1-27(2,3)20-21-36-30(8,9)19-18-29(6,7)31-24(33)16-17-28(4,5)22-10-12-23(13-11-22)32-25(34)14-15-26(32)35/h10-15H,16-21H2,1-9H3,(H,31,33). The van der Waals surface area contributed by atoms with Crippen LogP contribution < -0.4 is 10.2 Å². The molecule has 6 heteroatoms. The predicted molar refractivity (Wildman–Crippen MR) is 146 cm³/mol. The number of benzene rings is 1. The van der Waals surface area contributed by atoms with Crippen LogP contribution in [0.5, 0.6) is 0 Å². The average molecular weight is 499 g/mol. The number of imide groups is 1. The van der Waals surface area contributed by atoms with Gasteiger partial charge in [0, 0.05) is 30.7 Å². The van der Waals surface area contributed by atoms with Crippen LogP contribution >= 0.6 is 0 Å². The summed E-state index contributed by atoms with van der Waals surface area (Å²) in [6.07, 6.45) is 6.35. The molecule has 3 amide bonds. The predicted octanol–water partition coefficient (Wildman–Crippen LogP) is 6.08. The lowest BCUT2D eigenvalue weighted by molar-refractivity contribution is -0.123. The molecule has 1 heterocycles. The third-order valence-electron chi connectivity index (χ3n) is 6.87. The Morgan fingerprint density at radius 3 is 1.89 bits per heavy atom. The number of nitrogens with zero attached hydrogens (tertiary/aromatic N) is 1. The van der Waals surface area contributed by atoms with Crippen molar-refractivity contribution in [1.82, 2.24) is 5.32 Å². The molecule has 0 atom stereocenters. The summed E-state index contributed by atoms with van der Waals surface area (Å²) in [6, 6.07) is 7.43. The van der Waals surface area contributed by atoms with E-state index in [1.165, 1.54) is 12.2 Å². The summed E-state index contributed by atoms with van der Waals surface area (Å²) in [5.74, 6) is -0.618. The molecule has 0 bridgehead atoms. The molecule has 1 aliphatic rings. The highest BCUT2D eigenvalue weighted by Gasteiger charge is 2.29. The molecular formula is C30H46N2O4. The van der Waals surface area contributed by atoms with Gasteiger partial charge in [-0.1, -0.05) is 46.8 Å². The highest BCUT2D eigenvalue weighted by Crippen LogP contribution is 2.31. The maximum Gasteiger partial charge on any atom is 0.258 e. The van der Waals surface area contributed by atoms with Gasteiger partial charge in [0.1, 0.15) is 0 Å². The Morgan fingerprint density at radius 2 is 1.36 bits per heavy atom. The van der Waals surface area contributed by atoms with E-state index < -0.39 is 0 Å². The zero-order valence-electron chi connectivity index (χ0n) is 23.8. The largest absolute Gasteiger partial charge is 0.376 e. The van der Waals surface area contributed by atoms with E-state index in [0.717, 1.165) is 36.3 Å². The second-order valence-corrected chi connectivity index (χ2v) is 13.1. The van der Waals surface area contributed by atoms with Crippen molar-refractivity contribution in [2.45, 2.75) is 111 Å². The van der Waals surface area contributed by atoms with Crippen molar-refractivity contribution < 1.29 is 19.1 Å². The number of hydrogen-bond donors (Lipinski definition) is 1. The third-order valence-corrected chi connectivity index (χ3v) is 6.87. The molecule has 36 heavy (non-hydrogen) atoms. The number of rotatable bonds is 12. The van der Waals surface area contributed by atoms with Crippen molar-refractivity contribution >= 4 is 23.4 Å². The molecular weight excluding hydrogens is 452 g/mol. The van der Waals surface area contributed by atoms with Crippen LogP contribution in [-0.4, -0.2) is 35.5 Å². The smallest absolute Gasteiger partial charge is 0.258 e. The van der Waals surface area contributed by atoms with Crippen LogP contribution in [0.25, 0.3) is 0 Å². The molecule has 0 radical (unpaired) electrons. The van der Waals surface area contributed by atoms with E-state index >= 15 is 0 Å².